The maximum atomic E-state index is 12.8. The lowest BCUT2D eigenvalue weighted by atomic mass is 10.0. The third-order valence-electron chi connectivity index (χ3n) is 4.21. The van der Waals surface area contributed by atoms with E-state index in [0.29, 0.717) is 21.9 Å². The molecule has 2 aromatic carbocycles. The van der Waals surface area contributed by atoms with Gasteiger partial charge in [0.25, 0.3) is 5.56 Å². The molecule has 27 heavy (non-hydrogen) atoms. The zero-order valence-electron chi connectivity index (χ0n) is 14.5. The number of nitrogens with zero attached hydrogens (tertiary/aromatic N) is 2. The monoisotopic (exact) mass is 389 g/mol. The van der Waals surface area contributed by atoms with Crippen LogP contribution in [0.4, 0.5) is 0 Å². The lowest BCUT2D eigenvalue weighted by Gasteiger charge is -2.03. The maximum Gasteiger partial charge on any atom is 0.260 e. The summed E-state index contributed by atoms with van der Waals surface area (Å²) in [7, 11) is 0. The Bertz CT molecular complexity index is 1220. The first-order chi connectivity index (χ1) is 13.2. The molecule has 1 N–H and O–H groups in total. The van der Waals surface area contributed by atoms with E-state index in [1.54, 1.807) is 17.4 Å². The van der Waals surface area contributed by atoms with E-state index in [1.807, 2.05) is 55.5 Å². The Morgan fingerprint density at radius 1 is 1.19 bits per heavy atom. The topological polar surface area (TPSA) is 69.5 Å². The number of thioether (sulfide) groups is 1. The van der Waals surface area contributed by atoms with Gasteiger partial charge in [-0.1, -0.05) is 54.2 Å². The number of thiophene rings is 1. The molecule has 2 heterocycles. The summed E-state index contributed by atoms with van der Waals surface area (Å²) in [5.41, 5.74) is 3.53. The van der Waals surface area contributed by atoms with E-state index in [1.165, 1.54) is 11.8 Å². The minimum absolute atomic E-state index is 0.114. The zero-order chi connectivity index (χ0) is 18.8. The van der Waals surface area contributed by atoms with E-state index in [4.69, 9.17) is 5.26 Å². The number of H-pyrrole nitrogens is 1. The number of rotatable bonds is 4. The van der Waals surface area contributed by atoms with Gasteiger partial charge < -0.3 is 4.98 Å². The van der Waals surface area contributed by atoms with Gasteiger partial charge in [-0.25, -0.2) is 4.98 Å². The molecule has 4 rings (SSSR count). The summed E-state index contributed by atoms with van der Waals surface area (Å²) in [4.78, 5) is 22.2. The first-order valence-corrected chi connectivity index (χ1v) is 10.2. The molecular weight excluding hydrogens is 374 g/mol. The number of aromatic nitrogens is 2. The smallest absolute Gasteiger partial charge is 0.260 e. The van der Waals surface area contributed by atoms with E-state index in [9.17, 15) is 4.79 Å². The fraction of sp³-hybridized carbons (Fsp3) is 0.0952. The molecule has 132 valence electrons. The summed E-state index contributed by atoms with van der Waals surface area (Å²) in [6, 6.07) is 19.5. The number of hydrogen-bond donors (Lipinski definition) is 1. The second-order valence-corrected chi connectivity index (χ2v) is 8.22. The van der Waals surface area contributed by atoms with E-state index in [2.05, 4.69) is 16.0 Å². The van der Waals surface area contributed by atoms with Crippen LogP contribution in [-0.2, 0) is 5.75 Å². The predicted molar refractivity (Wildman–Crippen MR) is 111 cm³/mol. The average Bonchev–Trinajstić information content (AvgIpc) is 3.03. The number of aryl methyl sites for hydroxylation is 1. The maximum absolute atomic E-state index is 12.8. The Morgan fingerprint density at radius 3 is 2.78 bits per heavy atom. The van der Waals surface area contributed by atoms with Crippen LogP contribution in [0.1, 0.15) is 16.0 Å². The van der Waals surface area contributed by atoms with Crippen molar-refractivity contribution in [2.24, 2.45) is 0 Å². The third kappa shape index (κ3) is 3.52. The normalized spacial score (nSPS) is 10.8. The molecule has 0 aliphatic carbocycles. The minimum atomic E-state index is -0.114. The lowest BCUT2D eigenvalue weighted by Crippen LogP contribution is -2.08. The minimum Gasteiger partial charge on any atom is -0.301 e. The Kier molecular flexibility index (Phi) is 4.80. The van der Waals surface area contributed by atoms with Crippen LogP contribution in [0, 0.1) is 18.3 Å². The predicted octanol–water partition coefficient (Wildman–Crippen LogP) is 5.12. The van der Waals surface area contributed by atoms with Crippen LogP contribution in [0.3, 0.4) is 0 Å². The molecule has 0 aliphatic rings. The van der Waals surface area contributed by atoms with Crippen molar-refractivity contribution in [1.29, 1.82) is 5.26 Å². The molecule has 0 spiro atoms. The average molecular weight is 390 g/mol. The van der Waals surface area contributed by atoms with Crippen molar-refractivity contribution < 1.29 is 0 Å². The SMILES string of the molecule is Cc1sc2nc(SCc3cccc(C#N)c3)[nH]c(=O)c2c1-c1ccccc1. The molecule has 2 aromatic heterocycles. The van der Waals surface area contributed by atoms with Gasteiger partial charge in [0.05, 0.1) is 17.0 Å². The van der Waals surface area contributed by atoms with Crippen molar-refractivity contribution in [2.45, 2.75) is 17.8 Å². The van der Waals surface area contributed by atoms with Crippen LogP contribution in [0.15, 0.2) is 64.5 Å². The quantitative estimate of drug-likeness (QED) is 0.388. The number of benzene rings is 2. The molecular formula is C21H15N3OS2. The summed E-state index contributed by atoms with van der Waals surface area (Å²) >= 11 is 3.01. The van der Waals surface area contributed by atoms with Crippen molar-refractivity contribution in [3.63, 3.8) is 0 Å². The molecule has 6 heteroatoms. The molecule has 0 atom stereocenters. The summed E-state index contributed by atoms with van der Waals surface area (Å²) in [6.45, 7) is 2.02. The van der Waals surface area contributed by atoms with Gasteiger partial charge in [0.2, 0.25) is 0 Å². The molecule has 0 radical (unpaired) electrons. The zero-order valence-corrected chi connectivity index (χ0v) is 16.2. The van der Waals surface area contributed by atoms with Crippen LogP contribution in [-0.4, -0.2) is 9.97 Å². The number of fused-ring (bicyclic) bond motifs is 1. The van der Waals surface area contributed by atoms with Gasteiger partial charge in [0, 0.05) is 16.2 Å². The van der Waals surface area contributed by atoms with E-state index < -0.39 is 0 Å². The summed E-state index contributed by atoms with van der Waals surface area (Å²) in [5.74, 6) is 0.639. The Morgan fingerprint density at radius 2 is 2.00 bits per heavy atom. The van der Waals surface area contributed by atoms with Crippen molar-refractivity contribution in [2.75, 3.05) is 0 Å². The fourth-order valence-electron chi connectivity index (χ4n) is 3.00. The number of nitriles is 1. The Hall–Kier alpha value is -2.88. The van der Waals surface area contributed by atoms with Crippen LogP contribution in [0.5, 0.6) is 0 Å². The highest BCUT2D eigenvalue weighted by molar-refractivity contribution is 7.98. The van der Waals surface area contributed by atoms with E-state index in [-0.39, 0.29) is 5.56 Å². The second-order valence-electron chi connectivity index (χ2n) is 6.05. The molecule has 0 amide bonds. The van der Waals surface area contributed by atoms with Crippen molar-refractivity contribution in [3.05, 3.63) is 81.0 Å². The summed E-state index contributed by atoms with van der Waals surface area (Å²) < 4.78 is 0. The lowest BCUT2D eigenvalue weighted by molar-refractivity contribution is 0.980. The van der Waals surface area contributed by atoms with Crippen molar-refractivity contribution in [3.8, 4) is 17.2 Å². The number of nitrogens with one attached hydrogen (secondary N) is 1. The molecule has 4 nitrogen and oxygen atoms in total. The Labute approximate surface area is 164 Å². The van der Waals surface area contributed by atoms with Gasteiger partial charge in [0.1, 0.15) is 4.83 Å². The largest absolute Gasteiger partial charge is 0.301 e. The molecule has 0 saturated carbocycles. The van der Waals surface area contributed by atoms with Crippen LogP contribution in [0.2, 0.25) is 0 Å². The Balaban J connectivity index is 1.69. The summed E-state index contributed by atoms with van der Waals surface area (Å²) in [5, 5.41) is 10.3. The molecule has 0 bridgehead atoms. The highest BCUT2D eigenvalue weighted by Gasteiger charge is 2.16. The molecule has 0 aliphatic heterocycles. The van der Waals surface area contributed by atoms with Crippen LogP contribution in [0.25, 0.3) is 21.3 Å². The van der Waals surface area contributed by atoms with Gasteiger partial charge in [-0.15, -0.1) is 11.3 Å². The molecule has 4 aromatic rings. The first kappa shape index (κ1) is 17.5. The number of hydrogen-bond acceptors (Lipinski definition) is 5. The number of aromatic amines is 1. The van der Waals surface area contributed by atoms with E-state index >= 15 is 0 Å². The van der Waals surface area contributed by atoms with Gasteiger partial charge in [0.15, 0.2) is 5.16 Å². The van der Waals surface area contributed by atoms with Crippen molar-refractivity contribution in [1.82, 2.24) is 9.97 Å². The fourth-order valence-corrected chi connectivity index (χ4v) is 4.91. The van der Waals surface area contributed by atoms with Crippen LogP contribution < -0.4 is 5.56 Å². The van der Waals surface area contributed by atoms with Gasteiger partial charge >= 0.3 is 0 Å². The highest BCUT2D eigenvalue weighted by Crippen LogP contribution is 2.36. The second kappa shape index (κ2) is 7.39. The van der Waals surface area contributed by atoms with Crippen LogP contribution >= 0.6 is 23.1 Å². The molecule has 0 fully saturated rings. The van der Waals surface area contributed by atoms with Gasteiger partial charge in [-0.3, -0.25) is 4.79 Å². The first-order valence-electron chi connectivity index (χ1n) is 8.36. The summed E-state index contributed by atoms with van der Waals surface area (Å²) in [6.07, 6.45) is 0. The van der Waals surface area contributed by atoms with Gasteiger partial charge in [-0.05, 0) is 30.2 Å². The van der Waals surface area contributed by atoms with Crippen molar-refractivity contribution >= 4 is 33.3 Å². The molecule has 0 saturated heterocycles. The van der Waals surface area contributed by atoms with E-state index in [0.717, 1.165) is 26.4 Å². The standard InChI is InChI=1S/C21H15N3OS2/c1-13-17(16-8-3-2-4-9-16)18-19(25)23-21(24-20(18)27-13)26-12-15-7-5-6-14(10-15)11-22/h2-10H,12H2,1H3,(H,23,24,25). The third-order valence-corrected chi connectivity index (χ3v) is 6.15. The van der Waals surface area contributed by atoms with Gasteiger partial charge in [-0.2, -0.15) is 5.26 Å². The molecule has 0 unspecified atom stereocenters. The highest BCUT2D eigenvalue weighted by atomic mass is 32.2.